The molecular weight excluding hydrogens is 416 g/mol. The van der Waals surface area contributed by atoms with Crippen molar-refractivity contribution in [3.8, 4) is 0 Å². The van der Waals surface area contributed by atoms with Crippen molar-refractivity contribution >= 4 is 46.9 Å². The van der Waals surface area contributed by atoms with Gasteiger partial charge in [0.2, 0.25) is 5.91 Å². The average Bonchev–Trinajstić information content (AvgIpc) is 2.74. The summed E-state index contributed by atoms with van der Waals surface area (Å²) in [5, 5.41) is 3.72. The Labute approximate surface area is 186 Å². The van der Waals surface area contributed by atoms with E-state index in [0.29, 0.717) is 9.93 Å². The molecule has 0 unspecified atom stereocenters. The molecule has 6 heteroatoms. The maximum absolute atomic E-state index is 13.3. The molecule has 0 saturated heterocycles. The fourth-order valence-electron chi connectivity index (χ4n) is 3.97. The van der Waals surface area contributed by atoms with Crippen LogP contribution in [0.5, 0.6) is 0 Å². The Kier molecular flexibility index (Phi) is 6.49. The minimum Gasteiger partial charge on any atom is -0.352 e. The monoisotopic (exact) mass is 440 g/mol. The Bertz CT molecular complexity index is 983. The van der Waals surface area contributed by atoms with Crippen LogP contribution in [0.3, 0.4) is 0 Å². The summed E-state index contributed by atoms with van der Waals surface area (Å²) in [4.78, 5) is 29.2. The summed E-state index contributed by atoms with van der Waals surface area (Å²) in [6.45, 7) is 2.27. The van der Waals surface area contributed by atoms with Crippen LogP contribution in [0.1, 0.15) is 38.2 Å². The maximum atomic E-state index is 13.3. The van der Waals surface area contributed by atoms with Gasteiger partial charge in [-0.1, -0.05) is 60.6 Å². The summed E-state index contributed by atoms with van der Waals surface area (Å²) in [5.74, 6) is 0.441. The third kappa shape index (κ3) is 4.73. The quantitative estimate of drug-likeness (QED) is 0.637. The molecular formula is C24H25ClN2O2S. The van der Waals surface area contributed by atoms with Gasteiger partial charge in [-0.15, -0.1) is 0 Å². The number of nitrogens with one attached hydrogen (secondary N) is 1. The molecule has 1 aliphatic heterocycles. The van der Waals surface area contributed by atoms with Gasteiger partial charge in [-0.25, -0.2) is 0 Å². The number of nitrogens with zero attached hydrogens (tertiary/aromatic N) is 1. The number of fused-ring (bicyclic) bond motifs is 1. The van der Waals surface area contributed by atoms with Crippen molar-refractivity contribution in [2.24, 2.45) is 5.92 Å². The standard InChI is InChI=1S/C24H25ClN2O2S/c1-16-10-12-18(13-11-16)26-23(28)15-27-20-8-4-5-9-21(20)30-22(24(27)29)14-17-6-2-3-7-19(17)25/h2-9,14,16,18H,10-13,15H2,1H3,(H,26,28). The van der Waals surface area contributed by atoms with Gasteiger partial charge < -0.3 is 5.32 Å². The first-order valence-electron chi connectivity index (χ1n) is 10.4. The van der Waals surface area contributed by atoms with Gasteiger partial charge in [-0.05, 0) is 61.4 Å². The van der Waals surface area contributed by atoms with Gasteiger partial charge in [0, 0.05) is 16.0 Å². The fourth-order valence-corrected chi connectivity index (χ4v) is 5.21. The van der Waals surface area contributed by atoms with E-state index in [1.54, 1.807) is 17.0 Å². The van der Waals surface area contributed by atoms with Gasteiger partial charge in [0.1, 0.15) is 6.54 Å². The molecule has 2 aromatic rings. The van der Waals surface area contributed by atoms with Gasteiger partial charge in [0.15, 0.2) is 0 Å². The van der Waals surface area contributed by atoms with Crippen LogP contribution < -0.4 is 10.2 Å². The molecule has 4 nitrogen and oxygen atoms in total. The number of thioether (sulfide) groups is 1. The Hall–Kier alpha value is -2.24. The van der Waals surface area contributed by atoms with Crippen LogP contribution in [0.4, 0.5) is 5.69 Å². The van der Waals surface area contributed by atoms with Gasteiger partial charge >= 0.3 is 0 Å². The smallest absolute Gasteiger partial charge is 0.265 e. The predicted molar refractivity (Wildman–Crippen MR) is 124 cm³/mol. The first kappa shape index (κ1) is 21.0. The van der Waals surface area contributed by atoms with E-state index in [0.717, 1.165) is 47.7 Å². The van der Waals surface area contributed by atoms with Crippen LogP contribution in [0, 0.1) is 5.92 Å². The summed E-state index contributed by atoms with van der Waals surface area (Å²) in [6, 6.07) is 15.3. The first-order valence-corrected chi connectivity index (χ1v) is 11.5. The van der Waals surface area contributed by atoms with E-state index in [-0.39, 0.29) is 24.4 Å². The van der Waals surface area contributed by atoms with Crippen LogP contribution in [0.15, 0.2) is 58.3 Å². The molecule has 1 aliphatic carbocycles. The lowest BCUT2D eigenvalue weighted by atomic mass is 9.87. The van der Waals surface area contributed by atoms with Crippen molar-refractivity contribution in [2.75, 3.05) is 11.4 Å². The molecule has 2 aliphatic rings. The second-order valence-electron chi connectivity index (χ2n) is 8.02. The number of halogens is 1. The lowest BCUT2D eigenvalue weighted by Gasteiger charge is -2.31. The number of amides is 2. The first-order chi connectivity index (χ1) is 14.5. The van der Waals surface area contributed by atoms with Gasteiger partial charge in [0.25, 0.3) is 5.91 Å². The molecule has 0 radical (unpaired) electrons. The molecule has 2 aromatic carbocycles. The van der Waals surface area contributed by atoms with Crippen LogP contribution in [0.2, 0.25) is 5.02 Å². The number of benzene rings is 2. The van der Waals surface area contributed by atoms with Crippen molar-refractivity contribution in [2.45, 2.75) is 43.5 Å². The summed E-state index contributed by atoms with van der Waals surface area (Å²) >= 11 is 7.70. The number of hydrogen-bond donors (Lipinski definition) is 1. The third-order valence-corrected chi connectivity index (χ3v) is 7.13. The summed E-state index contributed by atoms with van der Waals surface area (Å²) < 4.78 is 0. The number of para-hydroxylation sites is 1. The predicted octanol–water partition coefficient (Wildman–Crippen LogP) is 5.51. The van der Waals surface area contributed by atoms with Gasteiger partial charge in [0.05, 0.1) is 10.6 Å². The van der Waals surface area contributed by atoms with E-state index in [9.17, 15) is 9.59 Å². The third-order valence-electron chi connectivity index (χ3n) is 5.71. The van der Waals surface area contributed by atoms with Crippen molar-refractivity contribution < 1.29 is 9.59 Å². The van der Waals surface area contributed by atoms with Crippen LogP contribution in [-0.2, 0) is 9.59 Å². The number of carbonyl (C=O) groups excluding carboxylic acids is 2. The highest BCUT2D eigenvalue weighted by molar-refractivity contribution is 8.04. The van der Waals surface area contributed by atoms with E-state index in [4.69, 9.17) is 11.6 Å². The lowest BCUT2D eigenvalue weighted by molar-refractivity contribution is -0.123. The van der Waals surface area contributed by atoms with Crippen molar-refractivity contribution in [1.82, 2.24) is 5.32 Å². The lowest BCUT2D eigenvalue weighted by Crippen LogP contribution is -2.46. The Balaban J connectivity index is 1.56. The minimum atomic E-state index is -0.175. The molecule has 0 aromatic heterocycles. The molecule has 1 saturated carbocycles. The zero-order valence-electron chi connectivity index (χ0n) is 16.9. The fraction of sp³-hybridized carbons (Fsp3) is 0.333. The summed E-state index contributed by atoms with van der Waals surface area (Å²) in [6.07, 6.45) is 6.09. The maximum Gasteiger partial charge on any atom is 0.265 e. The van der Waals surface area contributed by atoms with Crippen molar-refractivity contribution in [3.05, 3.63) is 64.0 Å². The Morgan fingerprint density at radius 2 is 1.83 bits per heavy atom. The molecule has 1 heterocycles. The normalized spacial score (nSPS) is 22.7. The number of hydrogen-bond acceptors (Lipinski definition) is 3. The van der Waals surface area contributed by atoms with E-state index >= 15 is 0 Å². The van der Waals surface area contributed by atoms with Crippen molar-refractivity contribution in [3.63, 3.8) is 0 Å². The molecule has 156 valence electrons. The molecule has 30 heavy (non-hydrogen) atoms. The average molecular weight is 441 g/mol. The van der Waals surface area contributed by atoms with Crippen molar-refractivity contribution in [1.29, 1.82) is 0 Å². The van der Waals surface area contributed by atoms with Crippen LogP contribution in [-0.4, -0.2) is 24.4 Å². The molecule has 1 N–H and O–H groups in total. The van der Waals surface area contributed by atoms with Gasteiger partial charge in [-0.2, -0.15) is 0 Å². The zero-order valence-corrected chi connectivity index (χ0v) is 18.5. The highest BCUT2D eigenvalue weighted by Crippen LogP contribution is 2.42. The number of carbonyl (C=O) groups is 2. The second-order valence-corrected chi connectivity index (χ2v) is 9.51. The molecule has 2 amide bonds. The number of rotatable bonds is 4. The summed E-state index contributed by atoms with van der Waals surface area (Å²) in [7, 11) is 0. The van der Waals surface area contributed by atoms with E-state index < -0.39 is 0 Å². The Morgan fingerprint density at radius 1 is 1.13 bits per heavy atom. The highest BCUT2D eigenvalue weighted by Gasteiger charge is 2.31. The van der Waals surface area contributed by atoms with E-state index in [1.165, 1.54) is 11.8 Å². The molecule has 0 bridgehead atoms. The molecule has 4 rings (SSSR count). The largest absolute Gasteiger partial charge is 0.352 e. The summed E-state index contributed by atoms with van der Waals surface area (Å²) in [5.41, 5.74) is 1.56. The van der Waals surface area contributed by atoms with E-state index in [2.05, 4.69) is 12.2 Å². The topological polar surface area (TPSA) is 49.4 Å². The highest BCUT2D eigenvalue weighted by atomic mass is 35.5. The minimum absolute atomic E-state index is 0.0162. The van der Waals surface area contributed by atoms with Crippen LogP contribution in [0.25, 0.3) is 6.08 Å². The molecule has 0 spiro atoms. The zero-order chi connectivity index (χ0) is 21.1. The molecule has 0 atom stereocenters. The molecule has 1 fully saturated rings. The Morgan fingerprint density at radius 3 is 2.60 bits per heavy atom. The van der Waals surface area contributed by atoms with Crippen LogP contribution >= 0.6 is 23.4 Å². The number of anilines is 1. The SMILES string of the molecule is CC1CCC(NC(=O)CN2C(=O)C(=Cc3ccccc3Cl)Sc3ccccc32)CC1. The van der Waals surface area contributed by atoms with Gasteiger partial charge in [-0.3, -0.25) is 14.5 Å². The van der Waals surface area contributed by atoms with E-state index in [1.807, 2.05) is 42.5 Å². The second kappa shape index (κ2) is 9.27.